The van der Waals surface area contributed by atoms with Crippen LogP contribution in [-0.2, 0) is 16.1 Å². The van der Waals surface area contributed by atoms with Gasteiger partial charge >= 0.3 is 5.97 Å². The average molecular weight is 304 g/mol. The molecule has 1 aromatic heterocycles. The van der Waals surface area contributed by atoms with Crippen molar-refractivity contribution < 1.29 is 9.53 Å². The third-order valence-corrected chi connectivity index (χ3v) is 4.93. The Labute approximate surface area is 128 Å². The van der Waals surface area contributed by atoms with E-state index in [4.69, 9.17) is 4.74 Å². The molecule has 1 aromatic carbocycles. The van der Waals surface area contributed by atoms with Crippen molar-refractivity contribution in [3.05, 3.63) is 29.3 Å². The summed E-state index contributed by atoms with van der Waals surface area (Å²) in [7, 11) is 0. The molecule has 1 saturated heterocycles. The lowest BCUT2D eigenvalue weighted by Gasteiger charge is -2.30. The second kappa shape index (κ2) is 6.54. The number of fused-ring (bicyclic) bond motifs is 1. The molecular formula is C16H20N2O2S. The van der Waals surface area contributed by atoms with Gasteiger partial charge in [-0.05, 0) is 45.0 Å². The standard InChI is InChI=1S/C16H20N2O2S/c1-2-20-16(19)12-7-9-18(10-8-12)11-15-17-13-5-3-4-6-14(13)21-15/h3-6,12H,2,7-11H2,1H3. The van der Waals surface area contributed by atoms with Crippen LogP contribution in [0.1, 0.15) is 24.8 Å². The molecule has 21 heavy (non-hydrogen) atoms. The summed E-state index contributed by atoms with van der Waals surface area (Å²) in [6.07, 6.45) is 1.79. The van der Waals surface area contributed by atoms with Crippen LogP contribution in [0, 0.1) is 5.92 Å². The molecule has 0 amide bonds. The number of aromatic nitrogens is 1. The first-order valence-electron chi connectivity index (χ1n) is 7.49. The quantitative estimate of drug-likeness (QED) is 0.814. The lowest BCUT2D eigenvalue weighted by molar-refractivity contribution is -0.149. The van der Waals surface area contributed by atoms with Gasteiger partial charge in [-0.3, -0.25) is 9.69 Å². The number of piperidine rings is 1. The zero-order chi connectivity index (χ0) is 14.7. The van der Waals surface area contributed by atoms with E-state index in [1.54, 1.807) is 11.3 Å². The molecule has 0 bridgehead atoms. The Morgan fingerprint density at radius 1 is 1.38 bits per heavy atom. The van der Waals surface area contributed by atoms with E-state index in [0.29, 0.717) is 6.61 Å². The Morgan fingerprint density at radius 2 is 2.14 bits per heavy atom. The van der Waals surface area contributed by atoms with Gasteiger partial charge in [0.1, 0.15) is 5.01 Å². The molecule has 1 aliphatic rings. The molecule has 1 aliphatic heterocycles. The van der Waals surface area contributed by atoms with Gasteiger partial charge in [-0.1, -0.05) is 12.1 Å². The number of esters is 1. The molecule has 5 heteroatoms. The van der Waals surface area contributed by atoms with Gasteiger partial charge in [-0.2, -0.15) is 0 Å². The van der Waals surface area contributed by atoms with Crippen molar-refractivity contribution >= 4 is 27.5 Å². The van der Waals surface area contributed by atoms with Crippen LogP contribution in [0.4, 0.5) is 0 Å². The number of hydrogen-bond donors (Lipinski definition) is 0. The van der Waals surface area contributed by atoms with Crippen LogP contribution in [0.3, 0.4) is 0 Å². The summed E-state index contributed by atoms with van der Waals surface area (Å²) in [6.45, 7) is 5.11. The minimum Gasteiger partial charge on any atom is -0.466 e. The van der Waals surface area contributed by atoms with Crippen molar-refractivity contribution in [1.82, 2.24) is 9.88 Å². The fourth-order valence-electron chi connectivity index (χ4n) is 2.77. The Balaban J connectivity index is 1.56. The Kier molecular flexibility index (Phi) is 4.51. The molecule has 2 aromatic rings. The topological polar surface area (TPSA) is 42.4 Å². The number of likely N-dealkylation sites (tertiary alicyclic amines) is 1. The number of hydrogen-bond acceptors (Lipinski definition) is 5. The van der Waals surface area contributed by atoms with Crippen LogP contribution in [0.25, 0.3) is 10.2 Å². The normalized spacial score (nSPS) is 17.2. The first-order chi connectivity index (χ1) is 10.3. The van der Waals surface area contributed by atoms with Crippen LogP contribution in [0.2, 0.25) is 0 Å². The summed E-state index contributed by atoms with van der Waals surface area (Å²) in [6, 6.07) is 8.25. The van der Waals surface area contributed by atoms with E-state index in [9.17, 15) is 4.79 Å². The third-order valence-electron chi connectivity index (χ3n) is 3.90. The number of nitrogens with zero attached hydrogens (tertiary/aromatic N) is 2. The van der Waals surface area contributed by atoms with E-state index in [-0.39, 0.29) is 11.9 Å². The highest BCUT2D eigenvalue weighted by Gasteiger charge is 2.26. The molecule has 0 spiro atoms. The Hall–Kier alpha value is -1.46. The van der Waals surface area contributed by atoms with E-state index in [1.807, 2.05) is 13.0 Å². The summed E-state index contributed by atoms with van der Waals surface area (Å²) in [4.78, 5) is 18.8. The van der Waals surface area contributed by atoms with E-state index in [0.717, 1.165) is 43.0 Å². The fourth-order valence-corrected chi connectivity index (χ4v) is 3.78. The zero-order valence-electron chi connectivity index (χ0n) is 12.2. The highest BCUT2D eigenvalue weighted by Crippen LogP contribution is 2.25. The second-order valence-corrected chi connectivity index (χ2v) is 6.49. The molecule has 0 unspecified atom stereocenters. The van der Waals surface area contributed by atoms with Crippen LogP contribution in [0.5, 0.6) is 0 Å². The number of carbonyl (C=O) groups is 1. The maximum atomic E-state index is 11.7. The molecule has 0 atom stereocenters. The van der Waals surface area contributed by atoms with Crippen molar-refractivity contribution in [2.45, 2.75) is 26.3 Å². The summed E-state index contributed by atoms with van der Waals surface area (Å²) >= 11 is 1.76. The number of carbonyl (C=O) groups excluding carboxylic acids is 1. The van der Waals surface area contributed by atoms with Crippen molar-refractivity contribution in [2.24, 2.45) is 5.92 Å². The van der Waals surface area contributed by atoms with Gasteiger partial charge in [0.2, 0.25) is 0 Å². The largest absolute Gasteiger partial charge is 0.466 e. The van der Waals surface area contributed by atoms with Gasteiger partial charge in [0.25, 0.3) is 0 Å². The predicted octanol–water partition coefficient (Wildman–Crippen LogP) is 3.07. The van der Waals surface area contributed by atoms with Crippen LogP contribution >= 0.6 is 11.3 Å². The summed E-state index contributed by atoms with van der Waals surface area (Å²) in [5.74, 6) is 0.0497. The molecule has 2 heterocycles. The van der Waals surface area contributed by atoms with Gasteiger partial charge in [0, 0.05) is 0 Å². The number of rotatable bonds is 4. The first kappa shape index (κ1) is 14.5. The van der Waals surface area contributed by atoms with Crippen molar-refractivity contribution in [3.63, 3.8) is 0 Å². The Bertz CT molecular complexity index is 585. The summed E-state index contributed by atoms with van der Waals surface area (Å²) in [5, 5.41) is 1.16. The summed E-state index contributed by atoms with van der Waals surface area (Å²) in [5.41, 5.74) is 1.08. The lowest BCUT2D eigenvalue weighted by atomic mass is 9.97. The van der Waals surface area contributed by atoms with Crippen molar-refractivity contribution in [3.8, 4) is 0 Å². The maximum Gasteiger partial charge on any atom is 0.309 e. The van der Waals surface area contributed by atoms with Crippen LogP contribution in [0.15, 0.2) is 24.3 Å². The van der Waals surface area contributed by atoms with Crippen molar-refractivity contribution in [2.75, 3.05) is 19.7 Å². The second-order valence-electron chi connectivity index (χ2n) is 5.38. The van der Waals surface area contributed by atoms with E-state index < -0.39 is 0 Å². The number of para-hydroxylation sites is 1. The molecule has 0 N–H and O–H groups in total. The Morgan fingerprint density at radius 3 is 2.86 bits per heavy atom. The molecule has 112 valence electrons. The summed E-state index contributed by atoms with van der Waals surface area (Å²) < 4.78 is 6.35. The van der Waals surface area contributed by atoms with E-state index >= 15 is 0 Å². The van der Waals surface area contributed by atoms with Gasteiger partial charge in [-0.15, -0.1) is 11.3 Å². The molecule has 1 fully saturated rings. The first-order valence-corrected chi connectivity index (χ1v) is 8.31. The minimum atomic E-state index is -0.0304. The number of thiazole rings is 1. The third kappa shape index (κ3) is 3.41. The average Bonchev–Trinajstić information content (AvgIpc) is 2.90. The smallest absolute Gasteiger partial charge is 0.309 e. The SMILES string of the molecule is CCOC(=O)C1CCN(Cc2nc3ccccc3s2)CC1. The molecular weight excluding hydrogens is 284 g/mol. The highest BCUT2D eigenvalue weighted by atomic mass is 32.1. The van der Waals surface area contributed by atoms with E-state index in [1.165, 1.54) is 4.70 Å². The molecule has 0 saturated carbocycles. The monoisotopic (exact) mass is 304 g/mol. The van der Waals surface area contributed by atoms with Gasteiger partial charge in [-0.25, -0.2) is 4.98 Å². The molecule has 4 nitrogen and oxygen atoms in total. The van der Waals surface area contributed by atoms with Crippen LogP contribution < -0.4 is 0 Å². The van der Waals surface area contributed by atoms with Gasteiger partial charge in [0.05, 0.1) is 29.3 Å². The molecule has 0 radical (unpaired) electrons. The number of ether oxygens (including phenoxy) is 1. The highest BCUT2D eigenvalue weighted by molar-refractivity contribution is 7.18. The van der Waals surface area contributed by atoms with E-state index in [2.05, 4.69) is 28.1 Å². The molecule has 3 rings (SSSR count). The maximum absolute atomic E-state index is 11.7. The van der Waals surface area contributed by atoms with Crippen molar-refractivity contribution in [1.29, 1.82) is 0 Å². The minimum absolute atomic E-state index is 0.0304. The van der Waals surface area contributed by atoms with Gasteiger partial charge < -0.3 is 4.74 Å². The fraction of sp³-hybridized carbons (Fsp3) is 0.500. The van der Waals surface area contributed by atoms with Crippen LogP contribution in [-0.4, -0.2) is 35.5 Å². The lowest BCUT2D eigenvalue weighted by Crippen LogP contribution is -2.36. The molecule has 0 aliphatic carbocycles. The predicted molar refractivity (Wildman–Crippen MR) is 84.3 cm³/mol. The van der Waals surface area contributed by atoms with Gasteiger partial charge in [0.15, 0.2) is 0 Å². The zero-order valence-corrected chi connectivity index (χ0v) is 13.1. The number of benzene rings is 1.